The molecule has 17 rings (SSSR count). The predicted molar refractivity (Wildman–Crippen MR) is 562 cm³/mol. The molecule has 1 aliphatic heterocycles. The molecular weight excluding hydrogens is 2110 g/mol. The van der Waals surface area contributed by atoms with Gasteiger partial charge in [-0.25, -0.2) is 0 Å². The van der Waals surface area contributed by atoms with E-state index in [1.54, 1.807) is 0 Å². The van der Waals surface area contributed by atoms with E-state index in [2.05, 4.69) is 0 Å². The van der Waals surface area contributed by atoms with Crippen molar-refractivity contribution in [2.24, 2.45) is 0 Å². The maximum atomic E-state index is 14.3. The highest BCUT2D eigenvalue weighted by Gasteiger charge is 2.79. The van der Waals surface area contributed by atoms with Crippen molar-refractivity contribution >= 4 is 224 Å². The Kier molecular flexibility index (Phi) is 31.8. The van der Waals surface area contributed by atoms with Crippen LogP contribution >= 0.6 is 0 Å². The number of rotatable bonds is 32. The maximum absolute atomic E-state index is 14.3. The summed E-state index contributed by atoms with van der Waals surface area (Å²) in [6.45, 7) is 0. The summed E-state index contributed by atoms with van der Waals surface area (Å²) in [5.74, 6) is 0. The minimum absolute atomic E-state index is 0.445. The Hall–Kier alpha value is -10.3. The van der Waals surface area contributed by atoms with Gasteiger partial charge in [-0.05, 0) is 0 Å². The van der Waals surface area contributed by atoms with Crippen molar-refractivity contribution in [1.82, 2.24) is 0 Å². The first-order valence-corrected chi connectivity index (χ1v) is 72.9. The van der Waals surface area contributed by atoms with E-state index < -0.39 is 224 Å². The molecule has 0 saturated carbocycles. The standard InChI is InChI=1S/C96H96O32Si16/c97-129(98,81-49-17-1-18-50-81)113-137(89-65-33-9-34-66-89)121-138(90-67-35-10-36-68-90,114-130(99,100)82-51-19-2-20-52-82)123-140(92-71-39-12-40-72-92,116-132(103,104)84-55-23-4-24-56-84)125-142(94-75-43-14-44-76-94,118-134(107,108)86-59-27-6-28-60-86)127-144(96-79-47-16-48-80-96,120-136(111,112)88-63-31-8-32-64-88)128-143(95-77-45-15-46-78-95,119-135(109,110)87-61-29-7-30-62-87)126-141(93-73-41-13-42-74-93,117-133(105,106)85-57-25-5-26-58-85)124-139(122-137,91-69-37-11-38-70-91)115-131(101,102)83-53-21-3-22-54-83/h1-80,97-112H. The molecule has 1 fully saturated rings. The van der Waals surface area contributed by atoms with Gasteiger partial charge < -0.3 is 143 Å². The summed E-state index contributed by atoms with van der Waals surface area (Å²) in [5.41, 5.74) is 0. The molecule has 16 aromatic rings. The highest BCUT2D eigenvalue weighted by molar-refractivity contribution is 7.09. The van der Waals surface area contributed by atoms with Gasteiger partial charge in [0.05, 0.1) is 0 Å². The second-order valence-electron chi connectivity index (χ2n) is 32.8. The monoisotopic (exact) mass is 2210 g/mol. The maximum Gasteiger partial charge on any atom is 0.524 e. The van der Waals surface area contributed by atoms with E-state index in [1.165, 1.54) is 485 Å². The van der Waals surface area contributed by atoms with Crippen LogP contribution in [0.15, 0.2) is 485 Å². The highest BCUT2D eigenvalue weighted by atomic mass is 28.6. The van der Waals surface area contributed by atoms with Gasteiger partial charge in [0, 0.05) is 83.0 Å². The lowest BCUT2D eigenvalue weighted by Crippen LogP contribution is -2.86. The molecule has 1 heterocycles. The minimum atomic E-state index is -7.14. The summed E-state index contributed by atoms with van der Waals surface area (Å²) in [6.07, 6.45) is 0. The van der Waals surface area contributed by atoms with E-state index in [-0.39, 0.29) is 0 Å². The second-order valence-corrected chi connectivity index (χ2v) is 73.7. The molecule has 0 bridgehead atoms. The Labute approximate surface area is 845 Å². The van der Waals surface area contributed by atoms with Crippen molar-refractivity contribution in [1.29, 1.82) is 0 Å². The first kappa shape index (κ1) is 105. The average Bonchev–Trinajstić information content (AvgIpc) is 0.699. The van der Waals surface area contributed by atoms with E-state index in [1.807, 2.05) is 0 Å². The fourth-order valence-electron chi connectivity index (χ4n) is 15.7. The van der Waals surface area contributed by atoms with Gasteiger partial charge in [0.1, 0.15) is 0 Å². The van der Waals surface area contributed by atoms with Crippen molar-refractivity contribution in [2.45, 2.75) is 0 Å². The predicted octanol–water partition coefficient (Wildman–Crippen LogP) is -2.32. The molecule has 16 N–H and O–H groups in total. The lowest BCUT2D eigenvalue weighted by atomic mass is 10.4. The molecule has 0 radical (unpaired) electrons. The summed E-state index contributed by atoms with van der Waals surface area (Å²) in [5, 5.41) is -7.80. The molecule has 144 heavy (non-hydrogen) atoms. The fraction of sp³-hybridized carbons (Fsp3) is 0. The topological polar surface area (TPSA) is 471 Å². The Morgan fingerprint density at radius 2 is 0.181 bits per heavy atom. The summed E-state index contributed by atoms with van der Waals surface area (Å²) < 4.78 is 128. The summed E-state index contributed by atoms with van der Waals surface area (Å²) in [6, 6.07) is 110. The van der Waals surface area contributed by atoms with Crippen LogP contribution in [-0.4, -0.2) is 218 Å². The Morgan fingerprint density at radius 1 is 0.111 bits per heavy atom. The lowest BCUT2D eigenvalue weighted by Gasteiger charge is -2.52. The van der Waals surface area contributed by atoms with Crippen LogP contribution in [0.25, 0.3) is 0 Å². The quantitative estimate of drug-likeness (QED) is 0.0197. The molecule has 1 saturated heterocycles. The van der Waals surface area contributed by atoms with E-state index in [0.717, 1.165) is 0 Å². The minimum Gasteiger partial charge on any atom is -0.387 e. The number of hydrogen-bond donors (Lipinski definition) is 16. The average molecular weight is 2210 g/mol. The third-order valence-corrected chi connectivity index (χ3v) is 74.5. The molecule has 16 aromatic carbocycles. The molecule has 0 spiro atoms. The van der Waals surface area contributed by atoms with E-state index in [9.17, 15) is 76.7 Å². The first-order chi connectivity index (χ1) is 69.0. The molecular formula is C96H96O32Si16. The van der Waals surface area contributed by atoms with Crippen LogP contribution in [0, 0.1) is 0 Å². The van der Waals surface area contributed by atoms with E-state index in [4.69, 9.17) is 65.8 Å². The Balaban J connectivity index is 1.18. The zero-order valence-electron chi connectivity index (χ0n) is 75.9. The van der Waals surface area contributed by atoms with Crippen LogP contribution in [0.1, 0.15) is 0 Å². The van der Waals surface area contributed by atoms with Gasteiger partial charge in [-0.1, -0.05) is 485 Å². The fourth-order valence-corrected chi connectivity index (χ4v) is 76.9. The van der Waals surface area contributed by atoms with Crippen LogP contribution in [0.4, 0.5) is 0 Å². The molecule has 32 nitrogen and oxygen atoms in total. The second kappa shape index (κ2) is 43.6. The van der Waals surface area contributed by atoms with Crippen molar-refractivity contribution < 1.29 is 143 Å². The first-order valence-electron chi connectivity index (χ1n) is 44.7. The van der Waals surface area contributed by atoms with Crippen molar-refractivity contribution in [3.63, 3.8) is 0 Å². The van der Waals surface area contributed by atoms with E-state index >= 15 is 0 Å². The third kappa shape index (κ3) is 23.5. The highest BCUT2D eigenvalue weighted by Crippen LogP contribution is 2.41. The van der Waals surface area contributed by atoms with Gasteiger partial charge in [-0.3, -0.25) is 0 Å². The summed E-state index contributed by atoms with van der Waals surface area (Å²) >= 11 is 0. The van der Waals surface area contributed by atoms with Crippen molar-refractivity contribution in [3.8, 4) is 0 Å². The van der Waals surface area contributed by atoms with Gasteiger partial charge >= 0.3 is 141 Å². The van der Waals surface area contributed by atoms with Gasteiger partial charge in [0.15, 0.2) is 0 Å². The van der Waals surface area contributed by atoms with Crippen LogP contribution in [-0.2, 0) is 65.8 Å². The normalized spacial score (nSPS) is 22.1. The van der Waals surface area contributed by atoms with Crippen molar-refractivity contribution in [2.75, 3.05) is 0 Å². The van der Waals surface area contributed by atoms with Gasteiger partial charge in [0.2, 0.25) is 0 Å². The lowest BCUT2D eigenvalue weighted by molar-refractivity contribution is 0.0737. The largest absolute Gasteiger partial charge is 0.524 e. The van der Waals surface area contributed by atoms with E-state index in [0.29, 0.717) is 0 Å². The molecule has 736 valence electrons. The Morgan fingerprint density at radius 3 is 0.257 bits per heavy atom. The van der Waals surface area contributed by atoms with Crippen molar-refractivity contribution in [3.05, 3.63) is 485 Å². The van der Waals surface area contributed by atoms with Crippen LogP contribution < -0.4 is 83.0 Å². The molecule has 0 aromatic heterocycles. The van der Waals surface area contributed by atoms with Gasteiger partial charge in [0.25, 0.3) is 0 Å². The zero-order chi connectivity index (χ0) is 101. The number of hydrogen-bond acceptors (Lipinski definition) is 32. The summed E-state index contributed by atoms with van der Waals surface area (Å²) in [4.78, 5) is 228. The number of benzene rings is 16. The molecule has 0 aliphatic carbocycles. The molecule has 1 aliphatic rings. The zero-order valence-corrected chi connectivity index (χ0v) is 91.9. The smallest absolute Gasteiger partial charge is 0.387 e. The van der Waals surface area contributed by atoms with Crippen LogP contribution in [0.5, 0.6) is 0 Å². The molecule has 0 amide bonds. The summed E-state index contributed by atoms with van der Waals surface area (Å²) in [7, 11) is -108. The van der Waals surface area contributed by atoms with Gasteiger partial charge in [-0.15, -0.1) is 0 Å². The Bertz CT molecular complexity index is 5580. The van der Waals surface area contributed by atoms with Gasteiger partial charge in [-0.2, -0.15) is 0 Å². The van der Waals surface area contributed by atoms with Crippen LogP contribution in [0.3, 0.4) is 0 Å². The third-order valence-electron chi connectivity index (χ3n) is 22.6. The SMILES string of the molecule is O[Si](O)(O[Si]1(c2ccccc2)O[Si](O[Si](O)(O)c2ccccc2)(c2ccccc2)O[Si](O[Si](O)(O)c2ccccc2)(c2ccccc2)O[Si](O[Si](O)(O)c2ccccc2)(c2ccccc2)O[Si](O[Si](O)(O)c2ccccc2)(c2ccccc2)O[Si](O[Si](O)(O)c2ccccc2)(c2ccccc2)O[Si](O[Si](O)(O)c2ccccc2)(c2ccccc2)O[Si](O[Si](O)(O)c2ccccc2)(c2ccccc2)O1)c1ccccc1. The van der Waals surface area contributed by atoms with Crippen LogP contribution in [0.2, 0.25) is 0 Å². The molecule has 0 unspecified atom stereocenters. The molecule has 0 atom stereocenters. The molecule has 48 heteroatoms.